The number of halogens is 3. The fourth-order valence-corrected chi connectivity index (χ4v) is 1.45. The number of furan rings is 1. The van der Waals surface area contributed by atoms with E-state index < -0.39 is 18.6 Å². The molecule has 4 nitrogen and oxygen atoms in total. The number of nitrogens with two attached hydrogens (primary N) is 1. The SMILES string of the molecule is NCCCC(=O)N(Cc1ccco1)CC(F)(F)F. The fraction of sp³-hybridized carbons (Fsp3) is 0.545. The van der Waals surface area contributed by atoms with Crippen LogP contribution in [0.4, 0.5) is 13.2 Å². The molecule has 0 aromatic carbocycles. The molecule has 0 aliphatic heterocycles. The van der Waals surface area contributed by atoms with Crippen LogP contribution in [0.15, 0.2) is 22.8 Å². The number of alkyl halides is 3. The maximum atomic E-state index is 12.4. The number of carbonyl (C=O) groups is 1. The van der Waals surface area contributed by atoms with E-state index in [2.05, 4.69) is 0 Å². The smallest absolute Gasteiger partial charge is 0.406 e. The zero-order chi connectivity index (χ0) is 13.6. The third-order valence-corrected chi connectivity index (χ3v) is 2.24. The predicted octanol–water partition coefficient (Wildman–Crippen LogP) is 1.91. The number of nitrogens with zero attached hydrogens (tertiary/aromatic N) is 1. The normalized spacial score (nSPS) is 11.6. The quantitative estimate of drug-likeness (QED) is 0.853. The summed E-state index contributed by atoms with van der Waals surface area (Å²) in [4.78, 5) is 12.4. The minimum Gasteiger partial charge on any atom is -0.467 e. The van der Waals surface area contributed by atoms with Crippen molar-refractivity contribution in [3.8, 4) is 0 Å². The summed E-state index contributed by atoms with van der Waals surface area (Å²) in [6.45, 7) is -1.20. The van der Waals surface area contributed by atoms with Gasteiger partial charge in [-0.3, -0.25) is 4.79 Å². The second kappa shape index (κ2) is 6.44. The van der Waals surface area contributed by atoms with Gasteiger partial charge in [-0.25, -0.2) is 0 Å². The zero-order valence-electron chi connectivity index (χ0n) is 9.74. The van der Waals surface area contributed by atoms with Gasteiger partial charge in [0.2, 0.25) is 5.91 Å². The predicted molar refractivity (Wildman–Crippen MR) is 58.5 cm³/mol. The largest absolute Gasteiger partial charge is 0.467 e. The van der Waals surface area contributed by atoms with Crippen LogP contribution in [0.5, 0.6) is 0 Å². The second-order valence-corrected chi connectivity index (χ2v) is 3.84. The van der Waals surface area contributed by atoms with Crippen molar-refractivity contribution in [2.75, 3.05) is 13.1 Å². The van der Waals surface area contributed by atoms with Crippen LogP contribution in [0, 0.1) is 0 Å². The molecular weight excluding hydrogens is 249 g/mol. The highest BCUT2D eigenvalue weighted by molar-refractivity contribution is 5.76. The molecular formula is C11H15F3N2O2. The molecule has 2 N–H and O–H groups in total. The van der Waals surface area contributed by atoms with Gasteiger partial charge in [-0.15, -0.1) is 0 Å². The van der Waals surface area contributed by atoms with E-state index in [9.17, 15) is 18.0 Å². The third-order valence-electron chi connectivity index (χ3n) is 2.24. The summed E-state index contributed by atoms with van der Waals surface area (Å²) < 4.78 is 42.1. The Morgan fingerprint density at radius 2 is 2.17 bits per heavy atom. The standard InChI is InChI=1S/C11H15F3N2O2/c12-11(13,14)8-16(10(17)4-1-5-15)7-9-3-2-6-18-9/h2-3,6H,1,4-5,7-8,15H2. The van der Waals surface area contributed by atoms with E-state index in [0.29, 0.717) is 12.2 Å². The Labute approximate surface area is 103 Å². The van der Waals surface area contributed by atoms with Crippen LogP contribution in [0.25, 0.3) is 0 Å². The van der Waals surface area contributed by atoms with Crippen molar-refractivity contribution in [3.05, 3.63) is 24.2 Å². The lowest BCUT2D eigenvalue weighted by atomic mass is 10.2. The van der Waals surface area contributed by atoms with Crippen LogP contribution in [-0.4, -0.2) is 30.1 Å². The van der Waals surface area contributed by atoms with E-state index in [1.165, 1.54) is 12.3 Å². The molecule has 0 unspecified atom stereocenters. The lowest BCUT2D eigenvalue weighted by molar-refractivity contribution is -0.162. The molecule has 0 atom stereocenters. The fourth-order valence-electron chi connectivity index (χ4n) is 1.45. The number of amides is 1. The van der Waals surface area contributed by atoms with Crippen molar-refractivity contribution >= 4 is 5.91 Å². The Morgan fingerprint density at radius 3 is 2.67 bits per heavy atom. The van der Waals surface area contributed by atoms with Gasteiger partial charge in [0.1, 0.15) is 12.3 Å². The summed E-state index contributed by atoms with van der Waals surface area (Å²) in [5.41, 5.74) is 5.23. The first-order valence-corrected chi connectivity index (χ1v) is 5.49. The van der Waals surface area contributed by atoms with Gasteiger partial charge in [-0.05, 0) is 25.1 Å². The molecule has 1 rings (SSSR count). The van der Waals surface area contributed by atoms with Crippen molar-refractivity contribution in [2.24, 2.45) is 5.73 Å². The average molecular weight is 264 g/mol. The highest BCUT2D eigenvalue weighted by Crippen LogP contribution is 2.19. The first-order chi connectivity index (χ1) is 8.42. The van der Waals surface area contributed by atoms with Crippen LogP contribution in [-0.2, 0) is 11.3 Å². The maximum Gasteiger partial charge on any atom is 0.406 e. The number of carbonyl (C=O) groups excluding carboxylic acids is 1. The summed E-state index contributed by atoms with van der Waals surface area (Å²) in [5.74, 6) is -0.255. The van der Waals surface area contributed by atoms with Crippen molar-refractivity contribution in [1.82, 2.24) is 4.90 Å². The topological polar surface area (TPSA) is 59.5 Å². The summed E-state index contributed by atoms with van der Waals surface area (Å²) >= 11 is 0. The van der Waals surface area contributed by atoms with E-state index in [-0.39, 0.29) is 19.5 Å². The monoisotopic (exact) mass is 264 g/mol. The van der Waals surface area contributed by atoms with Gasteiger partial charge in [0.15, 0.2) is 0 Å². The van der Waals surface area contributed by atoms with Crippen molar-refractivity contribution < 1.29 is 22.4 Å². The summed E-state index contributed by atoms with van der Waals surface area (Å²) in [6, 6.07) is 3.09. The van der Waals surface area contributed by atoms with E-state index in [4.69, 9.17) is 10.2 Å². The molecule has 1 heterocycles. The molecule has 0 spiro atoms. The lowest BCUT2D eigenvalue weighted by Crippen LogP contribution is -2.38. The van der Waals surface area contributed by atoms with E-state index in [0.717, 1.165) is 4.90 Å². The van der Waals surface area contributed by atoms with Gasteiger partial charge in [0, 0.05) is 6.42 Å². The molecule has 0 aliphatic rings. The van der Waals surface area contributed by atoms with Crippen LogP contribution in [0.1, 0.15) is 18.6 Å². The molecule has 102 valence electrons. The minimum atomic E-state index is -4.43. The average Bonchev–Trinajstić information content (AvgIpc) is 2.75. The van der Waals surface area contributed by atoms with E-state index >= 15 is 0 Å². The van der Waals surface area contributed by atoms with Crippen LogP contribution in [0.3, 0.4) is 0 Å². The number of hydrogen-bond donors (Lipinski definition) is 1. The molecule has 0 aliphatic carbocycles. The number of hydrogen-bond acceptors (Lipinski definition) is 3. The highest BCUT2D eigenvalue weighted by atomic mass is 19.4. The Bertz CT molecular complexity index is 363. The van der Waals surface area contributed by atoms with Gasteiger partial charge in [-0.2, -0.15) is 13.2 Å². The molecule has 0 fully saturated rings. The second-order valence-electron chi connectivity index (χ2n) is 3.84. The van der Waals surface area contributed by atoms with Crippen LogP contribution in [0.2, 0.25) is 0 Å². The molecule has 1 amide bonds. The Balaban J connectivity index is 2.65. The van der Waals surface area contributed by atoms with Crippen LogP contribution < -0.4 is 5.73 Å². The Hall–Kier alpha value is -1.50. The number of rotatable bonds is 6. The zero-order valence-corrected chi connectivity index (χ0v) is 9.74. The van der Waals surface area contributed by atoms with Gasteiger partial charge in [0.05, 0.1) is 12.8 Å². The molecule has 0 radical (unpaired) electrons. The Morgan fingerprint density at radius 1 is 1.44 bits per heavy atom. The molecule has 7 heteroatoms. The summed E-state index contributed by atoms with van der Waals surface area (Å²) in [7, 11) is 0. The van der Waals surface area contributed by atoms with Crippen LogP contribution >= 0.6 is 0 Å². The molecule has 1 aromatic heterocycles. The van der Waals surface area contributed by atoms with E-state index in [1.807, 2.05) is 0 Å². The van der Waals surface area contributed by atoms with E-state index in [1.54, 1.807) is 6.07 Å². The molecule has 0 saturated carbocycles. The first-order valence-electron chi connectivity index (χ1n) is 5.49. The van der Waals surface area contributed by atoms with Crippen molar-refractivity contribution in [2.45, 2.75) is 25.6 Å². The molecule has 18 heavy (non-hydrogen) atoms. The highest BCUT2D eigenvalue weighted by Gasteiger charge is 2.33. The molecule has 0 saturated heterocycles. The van der Waals surface area contributed by atoms with Crippen molar-refractivity contribution in [1.29, 1.82) is 0 Å². The maximum absolute atomic E-state index is 12.4. The van der Waals surface area contributed by atoms with Gasteiger partial charge >= 0.3 is 6.18 Å². The summed E-state index contributed by atoms with van der Waals surface area (Å²) in [6.07, 6.45) is -2.70. The minimum absolute atomic E-state index is 0.00723. The first kappa shape index (κ1) is 14.6. The van der Waals surface area contributed by atoms with Gasteiger partial charge in [0.25, 0.3) is 0 Å². The Kier molecular flexibility index (Phi) is 5.21. The van der Waals surface area contributed by atoms with Crippen molar-refractivity contribution in [3.63, 3.8) is 0 Å². The van der Waals surface area contributed by atoms with Gasteiger partial charge < -0.3 is 15.1 Å². The molecule has 1 aromatic rings. The van der Waals surface area contributed by atoms with Gasteiger partial charge in [-0.1, -0.05) is 0 Å². The lowest BCUT2D eigenvalue weighted by Gasteiger charge is -2.23. The third kappa shape index (κ3) is 5.22. The molecule has 0 bridgehead atoms. The summed E-state index contributed by atoms with van der Waals surface area (Å²) in [5, 5.41) is 0.